The van der Waals surface area contributed by atoms with Gasteiger partial charge in [-0.1, -0.05) is 0 Å². The maximum absolute atomic E-state index is 12.2. The molecule has 0 aliphatic rings. The summed E-state index contributed by atoms with van der Waals surface area (Å²) in [6.45, 7) is 0. The van der Waals surface area contributed by atoms with Crippen LogP contribution in [0.15, 0.2) is 48.5 Å². The van der Waals surface area contributed by atoms with E-state index < -0.39 is 18.8 Å². The average Bonchev–Trinajstić information content (AvgIpc) is 2.53. The number of rotatable bonds is 6. The van der Waals surface area contributed by atoms with Gasteiger partial charge in [0.15, 0.2) is 0 Å². The SMILES string of the molecule is COc1ccc(CC[Se](=O)c2ccc([N+](=O)[O-])cc2)cc1. The van der Waals surface area contributed by atoms with Gasteiger partial charge in [0.2, 0.25) is 0 Å². The summed E-state index contributed by atoms with van der Waals surface area (Å²) < 4.78 is 18.0. The van der Waals surface area contributed by atoms with Gasteiger partial charge < -0.3 is 0 Å². The Bertz CT molecular complexity index is 638. The second kappa shape index (κ2) is 7.11. The molecule has 6 heteroatoms. The van der Waals surface area contributed by atoms with Crippen LogP contribution < -0.4 is 9.20 Å². The minimum atomic E-state index is -2.16. The van der Waals surface area contributed by atoms with Crippen LogP contribution in [0.1, 0.15) is 5.56 Å². The molecule has 2 aromatic rings. The van der Waals surface area contributed by atoms with Gasteiger partial charge in [-0.05, 0) is 0 Å². The van der Waals surface area contributed by atoms with E-state index in [1.165, 1.54) is 12.1 Å². The molecule has 0 spiro atoms. The van der Waals surface area contributed by atoms with E-state index in [1.54, 1.807) is 19.2 Å². The Hall–Kier alpha value is -2.04. The first kappa shape index (κ1) is 15.4. The van der Waals surface area contributed by atoms with E-state index in [0.717, 1.165) is 17.7 Å². The van der Waals surface area contributed by atoms with Crippen molar-refractivity contribution in [3.05, 3.63) is 64.2 Å². The van der Waals surface area contributed by atoms with Crippen molar-refractivity contribution in [2.24, 2.45) is 0 Å². The predicted octanol–water partition coefficient (Wildman–Crippen LogP) is 2.48. The number of nitrogens with zero attached hydrogens (tertiary/aromatic N) is 1. The van der Waals surface area contributed by atoms with Gasteiger partial charge >= 0.3 is 126 Å². The molecule has 110 valence electrons. The summed E-state index contributed by atoms with van der Waals surface area (Å²) in [6.07, 6.45) is 0.717. The van der Waals surface area contributed by atoms with Gasteiger partial charge in [-0.3, -0.25) is 0 Å². The zero-order valence-electron chi connectivity index (χ0n) is 11.5. The Morgan fingerprint density at radius 1 is 1.10 bits per heavy atom. The number of hydrogen-bond donors (Lipinski definition) is 0. The van der Waals surface area contributed by atoms with Crippen LogP contribution in [0.2, 0.25) is 5.32 Å². The van der Waals surface area contributed by atoms with E-state index in [9.17, 15) is 13.9 Å². The Balaban J connectivity index is 1.95. The standard InChI is InChI=1S/C15H15NO4Se/c1-20-14-6-2-12(3-7-14)10-11-21(19)15-8-4-13(5-9-15)16(17)18/h2-9H,10-11H2,1H3. The summed E-state index contributed by atoms with van der Waals surface area (Å²) in [5.41, 5.74) is 1.12. The van der Waals surface area contributed by atoms with Crippen molar-refractivity contribution < 1.29 is 13.5 Å². The predicted molar refractivity (Wildman–Crippen MR) is 80.7 cm³/mol. The van der Waals surface area contributed by atoms with Crippen LogP contribution in [0.4, 0.5) is 5.69 Å². The number of nitro benzene ring substituents is 1. The third-order valence-corrected chi connectivity index (χ3v) is 5.93. The summed E-state index contributed by atoms with van der Waals surface area (Å²) in [4.78, 5) is 10.1. The third kappa shape index (κ3) is 4.21. The number of methoxy groups -OCH3 is 1. The number of ether oxygens (including phenoxy) is 1. The van der Waals surface area contributed by atoms with Crippen LogP contribution >= 0.6 is 0 Å². The van der Waals surface area contributed by atoms with E-state index >= 15 is 0 Å². The summed E-state index contributed by atoms with van der Waals surface area (Å²) >= 11 is -2.16. The Morgan fingerprint density at radius 2 is 1.71 bits per heavy atom. The molecule has 2 rings (SSSR count). The Kier molecular flexibility index (Phi) is 5.20. The molecule has 0 saturated heterocycles. The van der Waals surface area contributed by atoms with Crippen LogP contribution in [0.25, 0.3) is 0 Å². The molecule has 0 heterocycles. The zero-order chi connectivity index (χ0) is 15.2. The fraction of sp³-hybridized carbons (Fsp3) is 0.200. The van der Waals surface area contributed by atoms with E-state index in [4.69, 9.17) is 4.74 Å². The molecule has 0 aliphatic heterocycles. The molecule has 2 aromatic carbocycles. The summed E-state index contributed by atoms with van der Waals surface area (Å²) in [6, 6.07) is 13.6. The maximum atomic E-state index is 12.2. The normalized spacial score (nSPS) is 11.9. The first-order valence-corrected chi connectivity index (χ1v) is 9.12. The summed E-state index contributed by atoms with van der Waals surface area (Å²) in [5, 5.41) is 11.1. The molecule has 1 unspecified atom stereocenters. The number of non-ortho nitro benzene ring substituents is 1. The number of nitro groups is 1. The first-order chi connectivity index (χ1) is 10.1. The molecule has 5 nitrogen and oxygen atoms in total. The van der Waals surface area contributed by atoms with Gasteiger partial charge in [0.25, 0.3) is 0 Å². The molecule has 0 aliphatic carbocycles. The van der Waals surface area contributed by atoms with E-state index in [-0.39, 0.29) is 5.69 Å². The molecular weight excluding hydrogens is 337 g/mol. The zero-order valence-corrected chi connectivity index (χ0v) is 13.2. The van der Waals surface area contributed by atoms with Crippen molar-refractivity contribution in [2.45, 2.75) is 11.7 Å². The van der Waals surface area contributed by atoms with Crippen molar-refractivity contribution >= 4 is 24.0 Å². The molecule has 0 N–H and O–H groups in total. The fourth-order valence-electron chi connectivity index (χ4n) is 1.84. The number of benzene rings is 2. The summed E-state index contributed by atoms with van der Waals surface area (Å²) in [7, 11) is 1.61. The minimum absolute atomic E-state index is 0.0210. The van der Waals surface area contributed by atoms with Crippen LogP contribution in [-0.4, -0.2) is 25.9 Å². The van der Waals surface area contributed by atoms with Crippen LogP contribution in [-0.2, 0) is 10.3 Å². The second-order valence-electron chi connectivity index (χ2n) is 4.40. The van der Waals surface area contributed by atoms with Crippen molar-refractivity contribution in [2.75, 3.05) is 7.11 Å². The summed E-state index contributed by atoms with van der Waals surface area (Å²) in [5.74, 6) is 0.795. The van der Waals surface area contributed by atoms with Gasteiger partial charge in [0.05, 0.1) is 0 Å². The topological polar surface area (TPSA) is 69.4 Å². The molecule has 0 amide bonds. The monoisotopic (exact) mass is 353 g/mol. The van der Waals surface area contributed by atoms with Gasteiger partial charge in [-0.15, -0.1) is 0 Å². The molecule has 0 saturated carbocycles. The quantitative estimate of drug-likeness (QED) is 0.455. The van der Waals surface area contributed by atoms with Gasteiger partial charge in [0, 0.05) is 0 Å². The molecule has 0 radical (unpaired) electrons. The van der Waals surface area contributed by atoms with Crippen LogP contribution in [0, 0.1) is 10.1 Å². The Morgan fingerprint density at radius 3 is 2.24 bits per heavy atom. The number of aryl methyl sites for hydroxylation is 1. The fourth-order valence-corrected chi connectivity index (χ4v) is 4.14. The molecular formula is C15H15NO4Se. The Labute approximate surface area is 126 Å². The van der Waals surface area contributed by atoms with Crippen LogP contribution in [0.5, 0.6) is 5.75 Å². The van der Waals surface area contributed by atoms with Crippen LogP contribution in [0.3, 0.4) is 0 Å². The van der Waals surface area contributed by atoms with E-state index in [2.05, 4.69) is 0 Å². The number of hydrogen-bond acceptors (Lipinski definition) is 4. The van der Waals surface area contributed by atoms with Gasteiger partial charge in [0.1, 0.15) is 0 Å². The van der Waals surface area contributed by atoms with Gasteiger partial charge in [-0.2, -0.15) is 0 Å². The van der Waals surface area contributed by atoms with Crippen molar-refractivity contribution in [1.29, 1.82) is 0 Å². The molecule has 0 bridgehead atoms. The first-order valence-electron chi connectivity index (χ1n) is 6.36. The molecule has 0 aromatic heterocycles. The van der Waals surface area contributed by atoms with Crippen molar-refractivity contribution in [3.8, 4) is 5.75 Å². The van der Waals surface area contributed by atoms with Crippen molar-refractivity contribution in [1.82, 2.24) is 0 Å². The second-order valence-corrected chi connectivity index (χ2v) is 7.69. The molecule has 21 heavy (non-hydrogen) atoms. The average molecular weight is 352 g/mol. The van der Waals surface area contributed by atoms with E-state index in [0.29, 0.717) is 9.78 Å². The van der Waals surface area contributed by atoms with E-state index in [1.807, 2.05) is 24.3 Å². The third-order valence-electron chi connectivity index (χ3n) is 3.05. The molecule has 0 fully saturated rings. The molecule has 1 atom stereocenters. The van der Waals surface area contributed by atoms with Gasteiger partial charge in [-0.25, -0.2) is 0 Å². The van der Waals surface area contributed by atoms with Crippen molar-refractivity contribution in [3.63, 3.8) is 0 Å².